The van der Waals surface area contributed by atoms with E-state index in [0.29, 0.717) is 6.54 Å². The molecular weight excluding hydrogens is 250 g/mol. The average molecular weight is 273 g/mol. The van der Waals surface area contributed by atoms with Gasteiger partial charge >= 0.3 is 0 Å². The van der Waals surface area contributed by atoms with Crippen LogP contribution in [0.4, 0.5) is 0 Å². The standard InChI is InChI=1S/C16H23N3O/c1-11-7-5-6-8-14(11)16(20)10-17-9-15-12(2)18-19(4)13(15)3/h5-8,16-17,20H,9-10H2,1-4H3. The molecular formula is C16H23N3O. The fraction of sp³-hybridized carbons (Fsp3) is 0.438. The van der Waals surface area contributed by atoms with E-state index in [1.165, 1.54) is 11.3 Å². The van der Waals surface area contributed by atoms with Gasteiger partial charge in [0.05, 0.1) is 11.8 Å². The predicted octanol–water partition coefficient (Wildman–Crippen LogP) is 2.17. The molecule has 0 radical (unpaired) electrons. The summed E-state index contributed by atoms with van der Waals surface area (Å²) in [5, 5.41) is 18.0. The third kappa shape index (κ3) is 3.08. The summed E-state index contributed by atoms with van der Waals surface area (Å²) in [6, 6.07) is 7.94. The van der Waals surface area contributed by atoms with Crippen LogP contribution >= 0.6 is 0 Å². The van der Waals surface area contributed by atoms with Crippen LogP contribution in [0.25, 0.3) is 0 Å². The zero-order valence-electron chi connectivity index (χ0n) is 12.6. The van der Waals surface area contributed by atoms with Crippen molar-refractivity contribution in [2.75, 3.05) is 6.54 Å². The zero-order chi connectivity index (χ0) is 14.7. The first-order valence-electron chi connectivity index (χ1n) is 6.94. The summed E-state index contributed by atoms with van der Waals surface area (Å²) in [5.41, 5.74) is 5.53. The second-order valence-corrected chi connectivity index (χ2v) is 5.28. The molecule has 1 aromatic carbocycles. The molecule has 1 atom stereocenters. The van der Waals surface area contributed by atoms with Crippen molar-refractivity contribution in [2.24, 2.45) is 7.05 Å². The molecule has 1 heterocycles. The molecule has 2 aromatic rings. The van der Waals surface area contributed by atoms with Gasteiger partial charge in [-0.15, -0.1) is 0 Å². The van der Waals surface area contributed by atoms with Crippen molar-refractivity contribution in [3.05, 3.63) is 52.3 Å². The van der Waals surface area contributed by atoms with E-state index in [-0.39, 0.29) is 0 Å². The van der Waals surface area contributed by atoms with Gasteiger partial charge in [-0.3, -0.25) is 4.68 Å². The SMILES string of the molecule is Cc1ccccc1C(O)CNCc1c(C)nn(C)c1C. The largest absolute Gasteiger partial charge is 0.387 e. The summed E-state index contributed by atoms with van der Waals surface area (Å²) in [4.78, 5) is 0. The van der Waals surface area contributed by atoms with Crippen LogP contribution in [0.3, 0.4) is 0 Å². The lowest BCUT2D eigenvalue weighted by atomic mass is 10.0. The van der Waals surface area contributed by atoms with Gasteiger partial charge in [-0.25, -0.2) is 0 Å². The van der Waals surface area contributed by atoms with Crippen molar-refractivity contribution >= 4 is 0 Å². The number of aromatic nitrogens is 2. The Hall–Kier alpha value is -1.65. The fourth-order valence-corrected chi connectivity index (χ4v) is 2.48. The van der Waals surface area contributed by atoms with E-state index in [1.807, 2.05) is 49.8 Å². The van der Waals surface area contributed by atoms with Crippen LogP contribution in [0.2, 0.25) is 0 Å². The van der Waals surface area contributed by atoms with E-state index in [4.69, 9.17) is 0 Å². The molecule has 0 aliphatic carbocycles. The molecule has 108 valence electrons. The lowest BCUT2D eigenvalue weighted by Crippen LogP contribution is -2.22. The Morgan fingerprint density at radius 1 is 1.25 bits per heavy atom. The number of nitrogens with zero attached hydrogens (tertiary/aromatic N) is 2. The second-order valence-electron chi connectivity index (χ2n) is 5.28. The normalized spacial score (nSPS) is 12.7. The van der Waals surface area contributed by atoms with Crippen molar-refractivity contribution in [3.8, 4) is 0 Å². The Labute approximate surface area is 120 Å². The number of hydrogen-bond acceptors (Lipinski definition) is 3. The predicted molar refractivity (Wildman–Crippen MR) is 80.5 cm³/mol. The van der Waals surface area contributed by atoms with Crippen LogP contribution in [0, 0.1) is 20.8 Å². The van der Waals surface area contributed by atoms with Crippen LogP contribution in [0.1, 0.15) is 34.2 Å². The molecule has 2 rings (SSSR count). The molecule has 0 aliphatic heterocycles. The number of rotatable bonds is 5. The monoisotopic (exact) mass is 273 g/mol. The number of aliphatic hydroxyl groups is 1. The molecule has 2 N–H and O–H groups in total. The van der Waals surface area contributed by atoms with Gasteiger partial charge in [-0.2, -0.15) is 5.10 Å². The van der Waals surface area contributed by atoms with Crippen LogP contribution in [-0.4, -0.2) is 21.4 Å². The number of benzene rings is 1. The van der Waals surface area contributed by atoms with Crippen LogP contribution in [0.5, 0.6) is 0 Å². The molecule has 0 aliphatic rings. The van der Waals surface area contributed by atoms with Gasteiger partial charge < -0.3 is 10.4 Å². The molecule has 0 bridgehead atoms. The number of nitrogens with one attached hydrogen (secondary N) is 1. The summed E-state index contributed by atoms with van der Waals surface area (Å²) in [5.74, 6) is 0. The molecule has 1 aromatic heterocycles. The first-order chi connectivity index (χ1) is 9.50. The molecule has 1 unspecified atom stereocenters. The molecule has 0 amide bonds. The van der Waals surface area contributed by atoms with Crippen LogP contribution in [0.15, 0.2) is 24.3 Å². The second kappa shape index (κ2) is 6.20. The highest BCUT2D eigenvalue weighted by atomic mass is 16.3. The summed E-state index contributed by atoms with van der Waals surface area (Å²) in [6.45, 7) is 7.37. The Balaban J connectivity index is 1.95. The van der Waals surface area contributed by atoms with E-state index in [2.05, 4.69) is 17.3 Å². The van der Waals surface area contributed by atoms with Crippen molar-refractivity contribution in [1.82, 2.24) is 15.1 Å². The molecule has 20 heavy (non-hydrogen) atoms. The van der Waals surface area contributed by atoms with Gasteiger partial charge in [-0.05, 0) is 31.9 Å². The minimum Gasteiger partial charge on any atom is -0.387 e. The minimum absolute atomic E-state index is 0.478. The summed E-state index contributed by atoms with van der Waals surface area (Å²) < 4.78 is 1.89. The summed E-state index contributed by atoms with van der Waals surface area (Å²) >= 11 is 0. The zero-order valence-corrected chi connectivity index (χ0v) is 12.6. The quantitative estimate of drug-likeness (QED) is 0.878. The smallest absolute Gasteiger partial charge is 0.0917 e. The summed E-state index contributed by atoms with van der Waals surface area (Å²) in [6.07, 6.45) is -0.478. The van der Waals surface area contributed by atoms with E-state index < -0.39 is 6.10 Å². The first-order valence-corrected chi connectivity index (χ1v) is 6.94. The van der Waals surface area contributed by atoms with Gasteiger partial charge in [0.2, 0.25) is 0 Å². The summed E-state index contributed by atoms with van der Waals surface area (Å²) in [7, 11) is 1.95. The third-order valence-corrected chi connectivity index (χ3v) is 3.85. The number of aliphatic hydroxyl groups excluding tert-OH is 1. The lowest BCUT2D eigenvalue weighted by molar-refractivity contribution is 0.173. The Kier molecular flexibility index (Phi) is 4.57. The van der Waals surface area contributed by atoms with E-state index in [1.54, 1.807) is 0 Å². The minimum atomic E-state index is -0.478. The van der Waals surface area contributed by atoms with Crippen molar-refractivity contribution in [3.63, 3.8) is 0 Å². The maximum absolute atomic E-state index is 10.2. The molecule has 0 spiro atoms. The molecule has 0 saturated heterocycles. The first kappa shape index (κ1) is 14.8. The highest BCUT2D eigenvalue weighted by Gasteiger charge is 2.12. The van der Waals surface area contributed by atoms with Gasteiger partial charge in [0, 0.05) is 31.4 Å². The Morgan fingerprint density at radius 3 is 2.55 bits per heavy atom. The third-order valence-electron chi connectivity index (χ3n) is 3.85. The van der Waals surface area contributed by atoms with Gasteiger partial charge in [0.15, 0.2) is 0 Å². The number of hydrogen-bond donors (Lipinski definition) is 2. The van der Waals surface area contributed by atoms with E-state index >= 15 is 0 Å². The molecule has 0 saturated carbocycles. The van der Waals surface area contributed by atoms with Crippen molar-refractivity contribution in [2.45, 2.75) is 33.4 Å². The maximum Gasteiger partial charge on any atom is 0.0917 e. The molecule has 4 nitrogen and oxygen atoms in total. The van der Waals surface area contributed by atoms with Gasteiger partial charge in [0.25, 0.3) is 0 Å². The lowest BCUT2D eigenvalue weighted by Gasteiger charge is -2.14. The van der Waals surface area contributed by atoms with E-state index in [9.17, 15) is 5.11 Å². The highest BCUT2D eigenvalue weighted by Crippen LogP contribution is 2.17. The average Bonchev–Trinajstić information content (AvgIpc) is 2.65. The number of aryl methyl sites for hydroxylation is 3. The van der Waals surface area contributed by atoms with Gasteiger partial charge in [-0.1, -0.05) is 24.3 Å². The van der Waals surface area contributed by atoms with Crippen molar-refractivity contribution < 1.29 is 5.11 Å². The Bertz CT molecular complexity index is 589. The molecule has 0 fully saturated rings. The van der Waals surface area contributed by atoms with E-state index in [0.717, 1.165) is 23.4 Å². The van der Waals surface area contributed by atoms with Crippen LogP contribution < -0.4 is 5.32 Å². The van der Waals surface area contributed by atoms with Crippen molar-refractivity contribution in [1.29, 1.82) is 0 Å². The molecule has 4 heteroatoms. The topological polar surface area (TPSA) is 50.1 Å². The fourth-order valence-electron chi connectivity index (χ4n) is 2.48. The van der Waals surface area contributed by atoms with Crippen LogP contribution in [-0.2, 0) is 13.6 Å². The van der Waals surface area contributed by atoms with Gasteiger partial charge in [0.1, 0.15) is 0 Å². The highest BCUT2D eigenvalue weighted by molar-refractivity contribution is 5.28. The Morgan fingerprint density at radius 2 is 1.95 bits per heavy atom. The maximum atomic E-state index is 10.2.